The Hall–Kier alpha value is -2.23. The first kappa shape index (κ1) is 13.2. The predicted molar refractivity (Wildman–Crippen MR) is 67.5 cm³/mol. The summed E-state index contributed by atoms with van der Waals surface area (Å²) in [6.45, 7) is 1.55. The highest BCUT2D eigenvalue weighted by molar-refractivity contribution is 6.09. The molecule has 0 aliphatic heterocycles. The van der Waals surface area contributed by atoms with E-state index in [4.69, 9.17) is 4.74 Å². The van der Waals surface area contributed by atoms with Gasteiger partial charge in [0.15, 0.2) is 17.3 Å². The van der Waals surface area contributed by atoms with Crippen molar-refractivity contribution in [3.05, 3.63) is 64.7 Å². The summed E-state index contributed by atoms with van der Waals surface area (Å²) in [6, 6.07) is 8.64. The number of ether oxygens (including phenoxy) is 1. The maximum Gasteiger partial charge on any atom is 0.199 e. The summed E-state index contributed by atoms with van der Waals surface area (Å²) in [5.41, 5.74) is -0.00911. The molecule has 4 heteroatoms. The van der Waals surface area contributed by atoms with Crippen LogP contribution in [0, 0.1) is 18.6 Å². The zero-order valence-corrected chi connectivity index (χ0v) is 10.5. The van der Waals surface area contributed by atoms with Crippen LogP contribution in [-0.4, -0.2) is 12.9 Å². The minimum atomic E-state index is -0.782. The number of hydrogen-bond donors (Lipinski definition) is 0. The molecule has 2 nitrogen and oxygen atoms in total. The monoisotopic (exact) mass is 262 g/mol. The van der Waals surface area contributed by atoms with Gasteiger partial charge in [-0.3, -0.25) is 4.79 Å². The quantitative estimate of drug-likeness (QED) is 0.791. The molecule has 0 unspecified atom stereocenters. The third-order valence-electron chi connectivity index (χ3n) is 2.86. The molecule has 98 valence electrons. The highest BCUT2D eigenvalue weighted by Crippen LogP contribution is 2.24. The summed E-state index contributed by atoms with van der Waals surface area (Å²) in [4.78, 5) is 12.2. The van der Waals surface area contributed by atoms with Gasteiger partial charge in [0.05, 0.1) is 18.2 Å². The molecule has 0 aliphatic carbocycles. The lowest BCUT2D eigenvalue weighted by Crippen LogP contribution is -2.08. The summed E-state index contributed by atoms with van der Waals surface area (Å²) in [7, 11) is 1.31. The fourth-order valence-electron chi connectivity index (χ4n) is 1.81. The molecule has 2 aromatic carbocycles. The molecular weight excluding hydrogens is 250 g/mol. The van der Waals surface area contributed by atoms with Crippen molar-refractivity contribution in [3.63, 3.8) is 0 Å². The van der Waals surface area contributed by atoms with E-state index in [2.05, 4.69) is 0 Å². The van der Waals surface area contributed by atoms with Crippen LogP contribution in [0.3, 0.4) is 0 Å². The van der Waals surface area contributed by atoms with Gasteiger partial charge in [-0.25, -0.2) is 8.78 Å². The number of ketones is 1. The van der Waals surface area contributed by atoms with Gasteiger partial charge in [-0.1, -0.05) is 18.2 Å². The minimum Gasteiger partial charge on any atom is -0.494 e. The normalized spacial score (nSPS) is 10.3. The number of aryl methyl sites for hydroxylation is 1. The van der Waals surface area contributed by atoms with Crippen LogP contribution in [0.25, 0.3) is 0 Å². The summed E-state index contributed by atoms with van der Waals surface area (Å²) in [6.07, 6.45) is 0. The van der Waals surface area contributed by atoms with E-state index in [9.17, 15) is 13.6 Å². The van der Waals surface area contributed by atoms with Gasteiger partial charge in [-0.2, -0.15) is 0 Å². The van der Waals surface area contributed by atoms with Gasteiger partial charge in [0.2, 0.25) is 0 Å². The molecule has 0 heterocycles. The van der Waals surface area contributed by atoms with E-state index >= 15 is 0 Å². The standard InChI is InChI=1S/C15H12F2O2/c1-9-5-3-6-10(13(9)16)15(18)11-7-4-8-12(19-2)14(11)17/h3-8H,1-2H3. The summed E-state index contributed by atoms with van der Waals surface area (Å²) < 4.78 is 32.7. The maximum absolute atomic E-state index is 14.0. The van der Waals surface area contributed by atoms with Crippen molar-refractivity contribution in [2.45, 2.75) is 6.92 Å². The molecule has 0 radical (unpaired) electrons. The highest BCUT2D eigenvalue weighted by atomic mass is 19.1. The number of carbonyl (C=O) groups excluding carboxylic acids is 1. The van der Waals surface area contributed by atoms with Gasteiger partial charge in [0, 0.05) is 0 Å². The SMILES string of the molecule is COc1cccc(C(=O)c2cccc(C)c2F)c1F. The van der Waals surface area contributed by atoms with Crippen LogP contribution < -0.4 is 4.74 Å². The summed E-state index contributed by atoms with van der Waals surface area (Å²) in [5, 5.41) is 0. The molecule has 0 N–H and O–H groups in total. The van der Waals surface area contributed by atoms with Gasteiger partial charge in [0.1, 0.15) is 5.82 Å². The fourth-order valence-corrected chi connectivity index (χ4v) is 1.81. The van der Waals surface area contributed by atoms with E-state index in [0.29, 0.717) is 5.56 Å². The van der Waals surface area contributed by atoms with Gasteiger partial charge in [-0.15, -0.1) is 0 Å². The molecule has 0 bridgehead atoms. The second-order valence-electron chi connectivity index (χ2n) is 4.09. The van der Waals surface area contributed by atoms with E-state index in [1.807, 2.05) is 0 Å². The molecular formula is C15H12F2O2. The second-order valence-corrected chi connectivity index (χ2v) is 4.09. The number of carbonyl (C=O) groups is 1. The molecule has 0 atom stereocenters. The van der Waals surface area contributed by atoms with Crippen LogP contribution in [0.4, 0.5) is 8.78 Å². The van der Waals surface area contributed by atoms with Crippen LogP contribution in [0.2, 0.25) is 0 Å². The van der Waals surface area contributed by atoms with Crippen LogP contribution in [0.5, 0.6) is 5.75 Å². The molecule has 0 aromatic heterocycles. The van der Waals surface area contributed by atoms with E-state index in [-0.39, 0.29) is 16.9 Å². The molecule has 2 aromatic rings. The molecule has 0 aliphatic rings. The van der Waals surface area contributed by atoms with Gasteiger partial charge < -0.3 is 4.74 Å². The Kier molecular flexibility index (Phi) is 3.60. The number of halogens is 2. The Bertz CT molecular complexity index is 636. The number of benzene rings is 2. The van der Waals surface area contributed by atoms with Crippen LogP contribution in [0.1, 0.15) is 21.5 Å². The van der Waals surface area contributed by atoms with Crippen LogP contribution >= 0.6 is 0 Å². The molecule has 0 amide bonds. The minimum absolute atomic E-state index is 0.0427. The highest BCUT2D eigenvalue weighted by Gasteiger charge is 2.20. The molecule has 0 fully saturated rings. The third kappa shape index (κ3) is 2.34. The topological polar surface area (TPSA) is 26.3 Å². The Labute approximate surface area is 109 Å². The molecule has 2 rings (SSSR count). The summed E-state index contributed by atoms with van der Waals surface area (Å²) in [5.74, 6) is -2.15. The van der Waals surface area contributed by atoms with Crippen molar-refractivity contribution in [1.29, 1.82) is 0 Å². The first-order valence-corrected chi connectivity index (χ1v) is 5.68. The number of methoxy groups -OCH3 is 1. The van der Waals surface area contributed by atoms with Crippen molar-refractivity contribution < 1.29 is 18.3 Å². The van der Waals surface area contributed by atoms with E-state index in [1.54, 1.807) is 19.1 Å². The van der Waals surface area contributed by atoms with Crippen LogP contribution in [-0.2, 0) is 0 Å². The number of rotatable bonds is 3. The largest absolute Gasteiger partial charge is 0.494 e. The maximum atomic E-state index is 14.0. The smallest absolute Gasteiger partial charge is 0.199 e. The fraction of sp³-hybridized carbons (Fsp3) is 0.133. The zero-order chi connectivity index (χ0) is 14.0. The van der Waals surface area contributed by atoms with Gasteiger partial charge in [-0.05, 0) is 30.7 Å². The molecule has 0 saturated carbocycles. The second kappa shape index (κ2) is 5.18. The lowest BCUT2D eigenvalue weighted by molar-refractivity contribution is 0.103. The average molecular weight is 262 g/mol. The van der Waals surface area contributed by atoms with E-state index in [1.165, 1.54) is 31.4 Å². The van der Waals surface area contributed by atoms with E-state index < -0.39 is 17.4 Å². The molecule has 0 saturated heterocycles. The first-order valence-electron chi connectivity index (χ1n) is 5.68. The Balaban J connectivity index is 2.54. The summed E-state index contributed by atoms with van der Waals surface area (Å²) >= 11 is 0. The van der Waals surface area contributed by atoms with Crippen molar-refractivity contribution in [3.8, 4) is 5.75 Å². The lowest BCUT2D eigenvalue weighted by Gasteiger charge is -2.08. The first-order chi connectivity index (χ1) is 9.06. The number of hydrogen-bond acceptors (Lipinski definition) is 2. The van der Waals surface area contributed by atoms with Crippen molar-refractivity contribution >= 4 is 5.78 Å². The van der Waals surface area contributed by atoms with Crippen LogP contribution in [0.15, 0.2) is 36.4 Å². The Morgan fingerprint density at radius 1 is 1.00 bits per heavy atom. The third-order valence-corrected chi connectivity index (χ3v) is 2.86. The van der Waals surface area contributed by atoms with Gasteiger partial charge >= 0.3 is 0 Å². The lowest BCUT2D eigenvalue weighted by atomic mass is 10.00. The van der Waals surface area contributed by atoms with Crippen molar-refractivity contribution in [1.82, 2.24) is 0 Å². The molecule has 19 heavy (non-hydrogen) atoms. The zero-order valence-electron chi connectivity index (χ0n) is 10.5. The molecule has 0 spiro atoms. The average Bonchev–Trinajstić information content (AvgIpc) is 2.41. The van der Waals surface area contributed by atoms with Crippen molar-refractivity contribution in [2.24, 2.45) is 0 Å². The predicted octanol–water partition coefficient (Wildman–Crippen LogP) is 3.51. The van der Waals surface area contributed by atoms with Crippen molar-refractivity contribution in [2.75, 3.05) is 7.11 Å². The van der Waals surface area contributed by atoms with E-state index in [0.717, 1.165) is 0 Å². The van der Waals surface area contributed by atoms with Gasteiger partial charge in [0.25, 0.3) is 0 Å². The Morgan fingerprint density at radius 3 is 2.21 bits per heavy atom. The Morgan fingerprint density at radius 2 is 1.58 bits per heavy atom.